The Balaban J connectivity index is 1.71. The fraction of sp³-hybridized carbons (Fsp3) is 0.609. The third kappa shape index (κ3) is 4.83. The van der Waals surface area contributed by atoms with Crippen LogP contribution in [0.15, 0.2) is 24.3 Å². The zero-order chi connectivity index (χ0) is 21.8. The predicted octanol–water partition coefficient (Wildman–Crippen LogP) is 1.66. The van der Waals surface area contributed by atoms with Gasteiger partial charge in [0.05, 0.1) is 12.1 Å². The lowest BCUT2D eigenvalue weighted by atomic mass is 9.87. The SMILES string of the molecule is CC(C)[C@H](NC(=O)[C@H](C)N)C(=O)N1CCC[C@H]1C(=O)N[C@H]1CCCc2ccccc21. The van der Waals surface area contributed by atoms with Crippen molar-refractivity contribution in [2.45, 2.75) is 77.0 Å². The Bertz CT molecular complexity index is 792. The van der Waals surface area contributed by atoms with Gasteiger partial charge >= 0.3 is 0 Å². The number of carbonyl (C=O) groups is 3. The van der Waals surface area contributed by atoms with Gasteiger partial charge in [-0.2, -0.15) is 0 Å². The van der Waals surface area contributed by atoms with Crippen LogP contribution >= 0.6 is 0 Å². The van der Waals surface area contributed by atoms with Crippen molar-refractivity contribution in [1.29, 1.82) is 0 Å². The van der Waals surface area contributed by atoms with Crippen LogP contribution < -0.4 is 16.4 Å². The van der Waals surface area contributed by atoms with Gasteiger partial charge in [0.25, 0.3) is 0 Å². The number of amides is 3. The molecular weight excluding hydrogens is 380 g/mol. The van der Waals surface area contributed by atoms with Crippen LogP contribution in [0.3, 0.4) is 0 Å². The summed E-state index contributed by atoms with van der Waals surface area (Å²) in [5, 5.41) is 5.95. The number of carbonyl (C=O) groups excluding carboxylic acids is 3. The zero-order valence-electron chi connectivity index (χ0n) is 18.2. The number of hydrogen-bond acceptors (Lipinski definition) is 4. The molecule has 164 valence electrons. The van der Waals surface area contributed by atoms with E-state index in [1.165, 1.54) is 11.1 Å². The van der Waals surface area contributed by atoms with Crippen molar-refractivity contribution in [3.63, 3.8) is 0 Å². The summed E-state index contributed by atoms with van der Waals surface area (Å²) in [6, 6.07) is 6.34. The van der Waals surface area contributed by atoms with Gasteiger partial charge in [0.2, 0.25) is 17.7 Å². The first kappa shape index (κ1) is 22.3. The molecule has 0 unspecified atom stereocenters. The van der Waals surface area contributed by atoms with Gasteiger partial charge < -0.3 is 21.3 Å². The lowest BCUT2D eigenvalue weighted by Crippen LogP contribution is -2.57. The predicted molar refractivity (Wildman–Crippen MR) is 115 cm³/mol. The standard InChI is InChI=1S/C23H34N4O3/c1-14(2)20(26-21(28)15(3)24)23(30)27-13-7-12-19(27)22(29)25-18-11-6-9-16-8-4-5-10-17(16)18/h4-5,8,10,14-15,18-20H,6-7,9,11-13,24H2,1-3H3,(H,25,29)(H,26,28)/t15-,18-,19-,20-/m0/s1. The molecule has 3 amide bonds. The summed E-state index contributed by atoms with van der Waals surface area (Å²) >= 11 is 0. The minimum absolute atomic E-state index is 0.0151. The number of benzene rings is 1. The highest BCUT2D eigenvalue weighted by Gasteiger charge is 2.39. The normalized spacial score (nSPS) is 22.9. The van der Waals surface area contributed by atoms with E-state index >= 15 is 0 Å². The van der Waals surface area contributed by atoms with Gasteiger partial charge in [-0.05, 0) is 56.1 Å². The molecule has 7 heteroatoms. The number of nitrogens with zero attached hydrogens (tertiary/aromatic N) is 1. The number of fused-ring (bicyclic) bond motifs is 1. The Morgan fingerprint density at radius 1 is 1.10 bits per heavy atom. The fourth-order valence-corrected chi connectivity index (χ4v) is 4.45. The molecule has 0 spiro atoms. The van der Waals surface area contributed by atoms with E-state index in [2.05, 4.69) is 22.8 Å². The van der Waals surface area contributed by atoms with Crippen LogP contribution in [0.5, 0.6) is 0 Å². The molecule has 0 bridgehead atoms. The van der Waals surface area contributed by atoms with Gasteiger partial charge in [0.1, 0.15) is 12.1 Å². The van der Waals surface area contributed by atoms with E-state index in [0.29, 0.717) is 13.0 Å². The zero-order valence-corrected chi connectivity index (χ0v) is 18.2. The number of nitrogens with two attached hydrogens (primary N) is 1. The van der Waals surface area contributed by atoms with Crippen molar-refractivity contribution in [2.24, 2.45) is 11.7 Å². The Hall–Kier alpha value is -2.41. The molecule has 3 rings (SSSR count). The summed E-state index contributed by atoms with van der Waals surface area (Å²) in [6.07, 6.45) is 4.39. The van der Waals surface area contributed by atoms with Gasteiger partial charge in [-0.15, -0.1) is 0 Å². The van der Waals surface area contributed by atoms with Gasteiger partial charge in [-0.1, -0.05) is 38.1 Å². The summed E-state index contributed by atoms with van der Waals surface area (Å²) in [6.45, 7) is 5.88. The first-order valence-electron chi connectivity index (χ1n) is 11.0. The summed E-state index contributed by atoms with van der Waals surface area (Å²) in [7, 11) is 0. The van der Waals surface area contributed by atoms with Crippen LogP contribution in [-0.2, 0) is 20.8 Å². The number of aryl methyl sites for hydroxylation is 1. The summed E-state index contributed by atoms with van der Waals surface area (Å²) in [5.41, 5.74) is 8.12. The molecule has 4 N–H and O–H groups in total. The molecule has 1 heterocycles. The van der Waals surface area contributed by atoms with Crippen molar-refractivity contribution in [2.75, 3.05) is 6.54 Å². The topological polar surface area (TPSA) is 105 Å². The monoisotopic (exact) mass is 414 g/mol. The molecule has 1 aliphatic carbocycles. The number of likely N-dealkylation sites (tertiary alicyclic amines) is 1. The van der Waals surface area contributed by atoms with E-state index in [0.717, 1.165) is 25.7 Å². The fourth-order valence-electron chi connectivity index (χ4n) is 4.45. The Morgan fingerprint density at radius 3 is 2.53 bits per heavy atom. The molecule has 1 aromatic carbocycles. The minimum atomic E-state index is -0.692. The molecule has 0 saturated carbocycles. The van der Waals surface area contributed by atoms with E-state index < -0.39 is 18.1 Å². The average molecular weight is 415 g/mol. The highest BCUT2D eigenvalue weighted by molar-refractivity contribution is 5.93. The molecule has 0 radical (unpaired) electrons. The Kier molecular flexibility index (Phi) is 7.13. The molecule has 2 aliphatic rings. The van der Waals surface area contributed by atoms with E-state index in [-0.39, 0.29) is 29.7 Å². The van der Waals surface area contributed by atoms with E-state index in [1.807, 2.05) is 26.0 Å². The highest BCUT2D eigenvalue weighted by atomic mass is 16.2. The van der Waals surface area contributed by atoms with Crippen molar-refractivity contribution in [1.82, 2.24) is 15.5 Å². The number of nitrogens with one attached hydrogen (secondary N) is 2. The molecule has 1 aromatic rings. The first-order valence-corrected chi connectivity index (χ1v) is 11.0. The Morgan fingerprint density at radius 2 is 1.83 bits per heavy atom. The lowest BCUT2D eigenvalue weighted by Gasteiger charge is -2.32. The summed E-state index contributed by atoms with van der Waals surface area (Å²) in [5.74, 6) is -0.778. The van der Waals surface area contributed by atoms with Crippen LogP contribution in [0.1, 0.15) is 63.6 Å². The van der Waals surface area contributed by atoms with Gasteiger partial charge in [0.15, 0.2) is 0 Å². The second kappa shape index (κ2) is 9.60. The van der Waals surface area contributed by atoms with Gasteiger partial charge in [0, 0.05) is 6.54 Å². The lowest BCUT2D eigenvalue weighted by molar-refractivity contribution is -0.142. The van der Waals surface area contributed by atoms with Crippen LogP contribution in [0.2, 0.25) is 0 Å². The molecule has 1 saturated heterocycles. The van der Waals surface area contributed by atoms with Gasteiger partial charge in [-0.25, -0.2) is 0 Å². The third-order valence-electron chi connectivity index (χ3n) is 6.17. The van der Waals surface area contributed by atoms with Crippen molar-refractivity contribution < 1.29 is 14.4 Å². The number of hydrogen-bond donors (Lipinski definition) is 3. The number of rotatable bonds is 6. The molecular formula is C23H34N4O3. The first-order chi connectivity index (χ1) is 14.3. The maximum absolute atomic E-state index is 13.2. The van der Waals surface area contributed by atoms with Crippen LogP contribution in [-0.4, -0.2) is 47.3 Å². The quantitative estimate of drug-likeness (QED) is 0.658. The minimum Gasteiger partial charge on any atom is -0.347 e. The third-order valence-corrected chi connectivity index (χ3v) is 6.17. The second-order valence-corrected chi connectivity index (χ2v) is 8.86. The van der Waals surface area contributed by atoms with Crippen molar-refractivity contribution in [3.05, 3.63) is 35.4 Å². The van der Waals surface area contributed by atoms with E-state index in [1.54, 1.807) is 11.8 Å². The molecule has 4 atom stereocenters. The van der Waals surface area contributed by atoms with Crippen LogP contribution in [0.25, 0.3) is 0 Å². The molecule has 1 aliphatic heterocycles. The Labute approximate surface area is 178 Å². The molecule has 30 heavy (non-hydrogen) atoms. The van der Waals surface area contributed by atoms with Crippen molar-refractivity contribution in [3.8, 4) is 0 Å². The van der Waals surface area contributed by atoms with Crippen LogP contribution in [0, 0.1) is 5.92 Å². The van der Waals surface area contributed by atoms with Crippen LogP contribution in [0.4, 0.5) is 0 Å². The molecule has 7 nitrogen and oxygen atoms in total. The van der Waals surface area contributed by atoms with Gasteiger partial charge in [-0.3, -0.25) is 14.4 Å². The summed E-state index contributed by atoms with van der Waals surface area (Å²) < 4.78 is 0. The largest absolute Gasteiger partial charge is 0.347 e. The smallest absolute Gasteiger partial charge is 0.246 e. The average Bonchev–Trinajstić information content (AvgIpc) is 3.21. The molecule has 1 fully saturated rings. The maximum atomic E-state index is 13.2. The van der Waals surface area contributed by atoms with E-state index in [9.17, 15) is 14.4 Å². The maximum Gasteiger partial charge on any atom is 0.246 e. The van der Waals surface area contributed by atoms with E-state index in [4.69, 9.17) is 5.73 Å². The second-order valence-electron chi connectivity index (χ2n) is 8.86. The summed E-state index contributed by atoms with van der Waals surface area (Å²) in [4.78, 5) is 40.1. The highest BCUT2D eigenvalue weighted by Crippen LogP contribution is 2.30. The van der Waals surface area contributed by atoms with Crippen molar-refractivity contribution >= 4 is 17.7 Å². The molecule has 0 aromatic heterocycles.